The van der Waals surface area contributed by atoms with Crippen molar-refractivity contribution in [3.05, 3.63) is 65.7 Å². The van der Waals surface area contributed by atoms with Gasteiger partial charge in [0, 0.05) is 18.3 Å². The summed E-state index contributed by atoms with van der Waals surface area (Å²) in [6, 6.07) is 14.2. The van der Waals surface area contributed by atoms with Gasteiger partial charge in [-0.25, -0.2) is 0 Å². The van der Waals surface area contributed by atoms with E-state index in [1.54, 1.807) is 7.05 Å². The third-order valence-electron chi connectivity index (χ3n) is 2.75. The number of benzene rings is 2. The Hall–Kier alpha value is -2.30. The lowest BCUT2D eigenvalue weighted by Crippen LogP contribution is -2.13. The molecule has 0 saturated heterocycles. The Labute approximate surface area is 115 Å². The number of anilines is 1. The first-order valence-corrected chi connectivity index (χ1v) is 5.97. The van der Waals surface area contributed by atoms with E-state index in [1.165, 1.54) is 12.1 Å². The van der Waals surface area contributed by atoms with Crippen LogP contribution in [-0.2, 0) is 6.18 Å². The zero-order chi connectivity index (χ0) is 14.6. The van der Waals surface area contributed by atoms with Crippen LogP contribution in [0.2, 0.25) is 0 Å². The van der Waals surface area contributed by atoms with Crippen molar-refractivity contribution >= 4 is 11.5 Å². The maximum absolute atomic E-state index is 12.5. The lowest BCUT2D eigenvalue weighted by atomic mass is 10.1. The highest BCUT2D eigenvalue weighted by Gasteiger charge is 2.29. The molecule has 0 saturated carbocycles. The van der Waals surface area contributed by atoms with E-state index in [0.717, 1.165) is 17.7 Å². The number of nitrogens with one attached hydrogen (secondary N) is 1. The van der Waals surface area contributed by atoms with Gasteiger partial charge in [-0.2, -0.15) is 13.2 Å². The molecule has 1 N–H and O–H groups in total. The standard InChI is InChI=1S/C15H13F3N2/c1-19-14(11-5-3-2-4-6-11)20-13-9-7-12(8-10-13)15(16,17)18/h2-10H,1H3,(H,19,20). The molecule has 2 rings (SSSR count). The molecule has 0 atom stereocenters. The smallest absolute Gasteiger partial charge is 0.340 e. The van der Waals surface area contributed by atoms with Gasteiger partial charge in [-0.1, -0.05) is 30.3 Å². The van der Waals surface area contributed by atoms with E-state index in [4.69, 9.17) is 0 Å². The van der Waals surface area contributed by atoms with Gasteiger partial charge in [-0.15, -0.1) is 0 Å². The molecule has 2 aromatic carbocycles. The Bertz CT molecular complexity index is 587. The minimum absolute atomic E-state index is 0.558. The van der Waals surface area contributed by atoms with Gasteiger partial charge in [0.2, 0.25) is 0 Å². The molecule has 2 aromatic rings. The van der Waals surface area contributed by atoms with E-state index in [1.807, 2.05) is 30.3 Å². The summed E-state index contributed by atoms with van der Waals surface area (Å²) in [5.41, 5.74) is 0.759. The predicted octanol–water partition coefficient (Wildman–Crippen LogP) is 4.19. The van der Waals surface area contributed by atoms with Crippen molar-refractivity contribution in [1.82, 2.24) is 0 Å². The van der Waals surface area contributed by atoms with Gasteiger partial charge in [0.25, 0.3) is 0 Å². The van der Waals surface area contributed by atoms with E-state index < -0.39 is 11.7 Å². The third kappa shape index (κ3) is 3.38. The molecule has 0 aliphatic heterocycles. The number of amidine groups is 1. The molecule has 0 radical (unpaired) electrons. The second-order valence-corrected chi connectivity index (χ2v) is 4.14. The summed E-state index contributed by atoms with van der Waals surface area (Å²) < 4.78 is 37.4. The third-order valence-corrected chi connectivity index (χ3v) is 2.75. The van der Waals surface area contributed by atoms with E-state index >= 15 is 0 Å². The summed E-state index contributed by atoms with van der Waals surface area (Å²) in [5, 5.41) is 3.01. The maximum atomic E-state index is 12.5. The van der Waals surface area contributed by atoms with Crippen molar-refractivity contribution in [1.29, 1.82) is 0 Å². The molecule has 0 aliphatic carbocycles. The number of nitrogens with zero attached hydrogens (tertiary/aromatic N) is 1. The highest BCUT2D eigenvalue weighted by atomic mass is 19.4. The Morgan fingerprint density at radius 2 is 1.55 bits per heavy atom. The van der Waals surface area contributed by atoms with Crippen LogP contribution < -0.4 is 5.32 Å². The largest absolute Gasteiger partial charge is 0.416 e. The zero-order valence-corrected chi connectivity index (χ0v) is 10.8. The average Bonchev–Trinajstić information content (AvgIpc) is 2.45. The summed E-state index contributed by atoms with van der Waals surface area (Å²) in [4.78, 5) is 4.11. The van der Waals surface area contributed by atoms with Crippen LogP contribution in [0.1, 0.15) is 11.1 Å². The Morgan fingerprint density at radius 1 is 0.950 bits per heavy atom. The molecule has 0 spiro atoms. The van der Waals surface area contributed by atoms with Gasteiger partial charge < -0.3 is 5.32 Å². The molecule has 0 fully saturated rings. The first-order chi connectivity index (χ1) is 9.50. The average molecular weight is 278 g/mol. The first-order valence-electron chi connectivity index (χ1n) is 5.97. The summed E-state index contributed by atoms with van der Waals surface area (Å²) in [6.45, 7) is 0. The summed E-state index contributed by atoms with van der Waals surface area (Å²) in [6.07, 6.45) is -4.32. The van der Waals surface area contributed by atoms with Crippen molar-refractivity contribution in [2.75, 3.05) is 12.4 Å². The van der Waals surface area contributed by atoms with Crippen LogP contribution in [0.3, 0.4) is 0 Å². The molecule has 0 amide bonds. The van der Waals surface area contributed by atoms with Crippen LogP contribution in [0.15, 0.2) is 59.6 Å². The van der Waals surface area contributed by atoms with Gasteiger partial charge in [0.15, 0.2) is 0 Å². The molecular formula is C15H13F3N2. The van der Waals surface area contributed by atoms with Crippen molar-refractivity contribution < 1.29 is 13.2 Å². The topological polar surface area (TPSA) is 24.4 Å². The Kier molecular flexibility index (Phi) is 4.08. The lowest BCUT2D eigenvalue weighted by molar-refractivity contribution is -0.137. The van der Waals surface area contributed by atoms with Crippen molar-refractivity contribution in [3.63, 3.8) is 0 Å². The second-order valence-electron chi connectivity index (χ2n) is 4.14. The van der Waals surface area contributed by atoms with Crippen LogP contribution in [-0.4, -0.2) is 12.9 Å². The lowest BCUT2D eigenvalue weighted by Gasteiger charge is -2.11. The van der Waals surface area contributed by atoms with Gasteiger partial charge in [0.1, 0.15) is 5.84 Å². The minimum Gasteiger partial charge on any atom is -0.340 e. The molecule has 0 bridgehead atoms. The number of rotatable bonds is 2. The number of hydrogen-bond donors (Lipinski definition) is 1. The molecule has 0 aliphatic rings. The quantitative estimate of drug-likeness (QED) is 0.646. The van der Waals surface area contributed by atoms with E-state index in [9.17, 15) is 13.2 Å². The maximum Gasteiger partial charge on any atom is 0.416 e. The second kappa shape index (κ2) is 5.77. The Morgan fingerprint density at radius 3 is 2.05 bits per heavy atom. The fraction of sp³-hybridized carbons (Fsp3) is 0.133. The molecule has 2 nitrogen and oxygen atoms in total. The fourth-order valence-corrected chi connectivity index (χ4v) is 1.73. The van der Waals surface area contributed by atoms with Crippen LogP contribution in [0.25, 0.3) is 0 Å². The Balaban J connectivity index is 2.17. The normalized spacial score (nSPS) is 12.3. The number of hydrogen-bond acceptors (Lipinski definition) is 1. The SMILES string of the molecule is CN=C(Nc1ccc(C(F)(F)F)cc1)c1ccccc1. The van der Waals surface area contributed by atoms with Crippen LogP contribution in [0.5, 0.6) is 0 Å². The van der Waals surface area contributed by atoms with Crippen molar-refractivity contribution in [3.8, 4) is 0 Å². The molecule has 0 aromatic heterocycles. The predicted molar refractivity (Wildman–Crippen MR) is 74.0 cm³/mol. The van der Waals surface area contributed by atoms with Crippen LogP contribution in [0, 0.1) is 0 Å². The number of aliphatic imine (C=N–C) groups is 1. The first kappa shape index (κ1) is 14.1. The molecular weight excluding hydrogens is 265 g/mol. The monoisotopic (exact) mass is 278 g/mol. The van der Waals surface area contributed by atoms with Gasteiger partial charge >= 0.3 is 6.18 Å². The molecule has 104 valence electrons. The summed E-state index contributed by atoms with van der Waals surface area (Å²) >= 11 is 0. The highest BCUT2D eigenvalue weighted by molar-refractivity contribution is 6.08. The number of alkyl halides is 3. The highest BCUT2D eigenvalue weighted by Crippen LogP contribution is 2.29. The fourth-order valence-electron chi connectivity index (χ4n) is 1.73. The van der Waals surface area contributed by atoms with Crippen molar-refractivity contribution in [2.45, 2.75) is 6.18 Å². The van der Waals surface area contributed by atoms with Crippen molar-refractivity contribution in [2.24, 2.45) is 4.99 Å². The van der Waals surface area contributed by atoms with Gasteiger partial charge in [-0.05, 0) is 24.3 Å². The summed E-state index contributed by atoms with van der Waals surface area (Å²) in [5.74, 6) is 0.602. The van der Waals surface area contributed by atoms with E-state index in [0.29, 0.717) is 11.5 Å². The van der Waals surface area contributed by atoms with E-state index in [2.05, 4.69) is 10.3 Å². The summed E-state index contributed by atoms with van der Waals surface area (Å²) in [7, 11) is 1.62. The van der Waals surface area contributed by atoms with Crippen LogP contribution >= 0.6 is 0 Å². The molecule has 20 heavy (non-hydrogen) atoms. The molecule has 0 unspecified atom stereocenters. The number of halogens is 3. The van der Waals surface area contributed by atoms with Crippen LogP contribution in [0.4, 0.5) is 18.9 Å². The minimum atomic E-state index is -4.32. The molecule has 0 heterocycles. The van der Waals surface area contributed by atoms with Gasteiger partial charge in [0.05, 0.1) is 5.56 Å². The van der Waals surface area contributed by atoms with E-state index in [-0.39, 0.29) is 0 Å². The zero-order valence-electron chi connectivity index (χ0n) is 10.8. The van der Waals surface area contributed by atoms with Gasteiger partial charge in [-0.3, -0.25) is 4.99 Å². The molecule has 5 heteroatoms.